The first kappa shape index (κ1) is 10.9. The maximum absolute atomic E-state index is 11.1. The normalized spacial score (nSPS) is 40.3. The van der Waals surface area contributed by atoms with Crippen molar-refractivity contribution in [2.45, 2.75) is 51.6 Å². The van der Waals surface area contributed by atoms with Gasteiger partial charge in [-0.05, 0) is 37.0 Å². The summed E-state index contributed by atoms with van der Waals surface area (Å²) in [5, 5.41) is 3.47. The third-order valence-electron chi connectivity index (χ3n) is 4.16. The topological polar surface area (TPSA) is 55.1 Å². The van der Waals surface area contributed by atoms with Gasteiger partial charge in [0.1, 0.15) is 0 Å². The Labute approximate surface area is 91.8 Å². The van der Waals surface area contributed by atoms with Gasteiger partial charge in [0.2, 0.25) is 5.91 Å². The highest BCUT2D eigenvalue weighted by Gasteiger charge is 2.63. The standard InChI is InChI=1S/C12H22N2O/c1-7(2)4-8(3)12-6-9(12)5-10(14-12)11(13)15/h7-10,14H,4-6H2,1-3H3,(H2,13,15)/t8-,9?,10?,12?/m1/s1. The molecule has 3 nitrogen and oxygen atoms in total. The second-order valence-electron chi connectivity index (χ2n) is 5.81. The van der Waals surface area contributed by atoms with E-state index in [1.54, 1.807) is 0 Å². The van der Waals surface area contributed by atoms with Gasteiger partial charge < -0.3 is 5.73 Å². The molecule has 0 aromatic heterocycles. The van der Waals surface area contributed by atoms with Gasteiger partial charge in [-0.1, -0.05) is 20.8 Å². The summed E-state index contributed by atoms with van der Waals surface area (Å²) in [7, 11) is 0. The number of nitrogens with one attached hydrogen (secondary N) is 1. The average Bonchev–Trinajstić information content (AvgIpc) is 2.68. The molecule has 1 saturated heterocycles. The van der Waals surface area contributed by atoms with E-state index >= 15 is 0 Å². The molecule has 1 aliphatic carbocycles. The van der Waals surface area contributed by atoms with Crippen molar-refractivity contribution in [2.24, 2.45) is 23.5 Å². The van der Waals surface area contributed by atoms with Crippen molar-refractivity contribution in [3.8, 4) is 0 Å². The van der Waals surface area contributed by atoms with Crippen LogP contribution in [0.1, 0.15) is 40.0 Å². The molecular formula is C12H22N2O. The number of fused-ring (bicyclic) bond motifs is 1. The lowest BCUT2D eigenvalue weighted by Gasteiger charge is -2.25. The number of piperidine rings is 1. The molecule has 0 radical (unpaired) electrons. The van der Waals surface area contributed by atoms with Gasteiger partial charge in [0.05, 0.1) is 6.04 Å². The first-order valence-corrected chi connectivity index (χ1v) is 6.02. The molecule has 2 aliphatic rings. The van der Waals surface area contributed by atoms with Gasteiger partial charge >= 0.3 is 0 Å². The molecule has 0 aromatic rings. The van der Waals surface area contributed by atoms with Gasteiger partial charge in [-0.3, -0.25) is 10.1 Å². The van der Waals surface area contributed by atoms with E-state index < -0.39 is 0 Å². The lowest BCUT2D eigenvalue weighted by Crippen LogP contribution is -2.46. The molecule has 86 valence electrons. The number of carbonyl (C=O) groups excluding carboxylic acids is 1. The molecule has 1 amide bonds. The first-order valence-electron chi connectivity index (χ1n) is 6.02. The van der Waals surface area contributed by atoms with Crippen molar-refractivity contribution >= 4 is 5.91 Å². The van der Waals surface area contributed by atoms with Crippen LogP contribution in [0.3, 0.4) is 0 Å². The maximum Gasteiger partial charge on any atom is 0.234 e. The predicted octanol–water partition coefficient (Wildman–Crippen LogP) is 1.27. The second-order valence-corrected chi connectivity index (χ2v) is 5.81. The molecule has 15 heavy (non-hydrogen) atoms. The van der Waals surface area contributed by atoms with Gasteiger partial charge in [0.15, 0.2) is 0 Å². The molecule has 3 heteroatoms. The highest BCUT2D eigenvalue weighted by molar-refractivity contribution is 5.80. The SMILES string of the molecule is CC(C)C[C@@H](C)C12CC1CC(C(N)=O)N2. The summed E-state index contributed by atoms with van der Waals surface area (Å²) >= 11 is 0. The average molecular weight is 210 g/mol. The highest BCUT2D eigenvalue weighted by atomic mass is 16.1. The Morgan fingerprint density at radius 2 is 2.20 bits per heavy atom. The Bertz CT molecular complexity index is 277. The largest absolute Gasteiger partial charge is 0.368 e. The number of hydrogen-bond acceptors (Lipinski definition) is 2. The third kappa shape index (κ3) is 1.78. The smallest absolute Gasteiger partial charge is 0.234 e. The van der Waals surface area contributed by atoms with Crippen LogP contribution in [-0.2, 0) is 4.79 Å². The zero-order valence-corrected chi connectivity index (χ0v) is 9.92. The van der Waals surface area contributed by atoms with Crippen LogP contribution >= 0.6 is 0 Å². The molecule has 2 fully saturated rings. The number of nitrogens with two attached hydrogens (primary N) is 1. The Balaban J connectivity index is 1.97. The molecule has 3 N–H and O–H groups in total. The fraction of sp³-hybridized carbons (Fsp3) is 0.917. The fourth-order valence-electron chi connectivity index (χ4n) is 3.34. The van der Waals surface area contributed by atoms with Crippen LogP contribution in [-0.4, -0.2) is 17.5 Å². The predicted molar refractivity (Wildman–Crippen MR) is 60.2 cm³/mol. The van der Waals surface area contributed by atoms with Gasteiger partial charge in [0.25, 0.3) is 0 Å². The summed E-state index contributed by atoms with van der Waals surface area (Å²) < 4.78 is 0. The number of carbonyl (C=O) groups is 1. The molecular weight excluding hydrogens is 188 g/mol. The molecule has 3 unspecified atom stereocenters. The van der Waals surface area contributed by atoms with Crippen LogP contribution in [0.25, 0.3) is 0 Å². The van der Waals surface area contributed by atoms with Crippen molar-refractivity contribution in [3.63, 3.8) is 0 Å². The molecule has 0 aromatic carbocycles. The number of amides is 1. The summed E-state index contributed by atoms with van der Waals surface area (Å²) in [5.41, 5.74) is 5.59. The number of primary amides is 1. The molecule has 0 spiro atoms. The molecule has 1 heterocycles. The zero-order valence-electron chi connectivity index (χ0n) is 9.92. The summed E-state index contributed by atoms with van der Waals surface area (Å²) in [6.45, 7) is 6.81. The van der Waals surface area contributed by atoms with Crippen molar-refractivity contribution in [3.05, 3.63) is 0 Å². The first-order chi connectivity index (χ1) is 6.95. The summed E-state index contributed by atoms with van der Waals surface area (Å²) in [6.07, 6.45) is 3.43. The fourth-order valence-corrected chi connectivity index (χ4v) is 3.34. The van der Waals surface area contributed by atoms with E-state index in [1.807, 2.05) is 0 Å². The number of hydrogen-bond donors (Lipinski definition) is 2. The van der Waals surface area contributed by atoms with Crippen LogP contribution in [0.5, 0.6) is 0 Å². The summed E-state index contributed by atoms with van der Waals surface area (Å²) in [6, 6.07) is -0.0710. The zero-order chi connectivity index (χ0) is 11.2. The minimum atomic E-state index is -0.182. The lowest BCUT2D eigenvalue weighted by atomic mass is 9.89. The van der Waals surface area contributed by atoms with Crippen molar-refractivity contribution < 1.29 is 4.79 Å². The molecule has 0 bridgehead atoms. The van der Waals surface area contributed by atoms with Crippen LogP contribution in [0, 0.1) is 17.8 Å². The van der Waals surface area contributed by atoms with E-state index in [0.717, 1.165) is 12.3 Å². The maximum atomic E-state index is 11.1. The second kappa shape index (κ2) is 3.48. The monoisotopic (exact) mass is 210 g/mol. The quantitative estimate of drug-likeness (QED) is 0.734. The van der Waals surface area contributed by atoms with Crippen LogP contribution in [0.15, 0.2) is 0 Å². The van der Waals surface area contributed by atoms with Crippen LogP contribution in [0.4, 0.5) is 0 Å². The Hall–Kier alpha value is -0.570. The highest BCUT2D eigenvalue weighted by Crippen LogP contribution is 2.57. The molecule has 2 rings (SSSR count). The van der Waals surface area contributed by atoms with Crippen LogP contribution < -0.4 is 11.1 Å². The minimum absolute atomic E-state index is 0.0710. The van der Waals surface area contributed by atoms with Crippen molar-refractivity contribution in [1.29, 1.82) is 0 Å². The third-order valence-corrected chi connectivity index (χ3v) is 4.16. The molecule has 1 saturated carbocycles. The Morgan fingerprint density at radius 3 is 2.67 bits per heavy atom. The van der Waals surface area contributed by atoms with Crippen molar-refractivity contribution in [1.82, 2.24) is 5.32 Å². The summed E-state index contributed by atoms with van der Waals surface area (Å²) in [5.74, 6) is 1.90. The van der Waals surface area contributed by atoms with E-state index in [4.69, 9.17) is 5.73 Å². The Kier molecular flexibility index (Phi) is 2.53. The number of rotatable bonds is 4. The van der Waals surface area contributed by atoms with Gasteiger partial charge in [-0.2, -0.15) is 0 Å². The molecule has 1 aliphatic heterocycles. The lowest BCUT2D eigenvalue weighted by molar-refractivity contribution is -0.120. The summed E-state index contributed by atoms with van der Waals surface area (Å²) in [4.78, 5) is 11.1. The van der Waals surface area contributed by atoms with Gasteiger partial charge in [0, 0.05) is 5.54 Å². The van der Waals surface area contributed by atoms with E-state index in [0.29, 0.717) is 11.8 Å². The van der Waals surface area contributed by atoms with Crippen LogP contribution in [0.2, 0.25) is 0 Å². The molecule has 4 atom stereocenters. The van der Waals surface area contributed by atoms with Crippen molar-refractivity contribution in [2.75, 3.05) is 0 Å². The van der Waals surface area contributed by atoms with E-state index in [1.165, 1.54) is 12.8 Å². The van der Waals surface area contributed by atoms with Gasteiger partial charge in [-0.25, -0.2) is 0 Å². The minimum Gasteiger partial charge on any atom is -0.368 e. The van der Waals surface area contributed by atoms with E-state index in [9.17, 15) is 4.79 Å². The van der Waals surface area contributed by atoms with E-state index in [-0.39, 0.29) is 17.5 Å². The Morgan fingerprint density at radius 1 is 1.53 bits per heavy atom. The van der Waals surface area contributed by atoms with E-state index in [2.05, 4.69) is 26.1 Å². The van der Waals surface area contributed by atoms with Gasteiger partial charge in [-0.15, -0.1) is 0 Å².